The van der Waals surface area contributed by atoms with E-state index in [0.29, 0.717) is 16.9 Å². The normalized spacial score (nSPS) is 22.5. The van der Waals surface area contributed by atoms with Crippen molar-refractivity contribution >= 4 is 40.3 Å². The topological polar surface area (TPSA) is 36.3 Å². The van der Waals surface area contributed by atoms with Crippen LogP contribution < -0.4 is 15.1 Å². The molecule has 7 heteroatoms. The van der Waals surface area contributed by atoms with Gasteiger partial charge in [0.2, 0.25) is 0 Å². The van der Waals surface area contributed by atoms with E-state index in [2.05, 4.69) is 110 Å². The van der Waals surface area contributed by atoms with Gasteiger partial charge in [0.05, 0.1) is 34.2 Å². The molecule has 0 aliphatic carbocycles. The standard InChI is InChI=1S/C35H40ClN5S/c1-21-16-22(2)20-39(19-21)31-14-13-27(18-29(31)36)41-34(32(38-35(41)42)30-12-7-8-15-37-30)28-17-25(5)40(26(28)6)33-23(3)10-9-11-24(33)4/h7-15,17-18,21-22,32,34H,16,19-20H2,1-6H3,(H,38,42)/t21-,22+,32-,34-/m0/s1. The van der Waals surface area contributed by atoms with Crippen LogP contribution >= 0.6 is 23.8 Å². The number of rotatable bonds is 5. The minimum atomic E-state index is -0.118. The highest BCUT2D eigenvalue weighted by molar-refractivity contribution is 7.80. The molecule has 2 aromatic carbocycles. The van der Waals surface area contributed by atoms with Crippen molar-refractivity contribution in [1.29, 1.82) is 0 Å². The van der Waals surface area contributed by atoms with Crippen LogP contribution in [0.1, 0.15) is 66.1 Å². The van der Waals surface area contributed by atoms with Crippen LogP contribution in [0.5, 0.6) is 0 Å². The van der Waals surface area contributed by atoms with Gasteiger partial charge in [0, 0.05) is 36.4 Å². The zero-order chi connectivity index (χ0) is 29.7. The molecule has 0 bridgehead atoms. The van der Waals surface area contributed by atoms with Crippen molar-refractivity contribution < 1.29 is 0 Å². The SMILES string of the molecule is Cc1cccc(C)c1-n1c(C)cc([C@H]2[C@H](c3ccccn3)NC(=S)N2c2ccc(N3C[C@H](C)C[C@H](C)C3)c(Cl)c2)c1C. The quantitative estimate of drug-likeness (QED) is 0.234. The van der Waals surface area contributed by atoms with Crippen LogP contribution in [-0.4, -0.2) is 27.8 Å². The Bertz CT molecular complexity index is 1600. The minimum Gasteiger partial charge on any atom is -0.370 e. The Hall–Kier alpha value is -3.35. The fraction of sp³-hybridized carbons (Fsp3) is 0.371. The van der Waals surface area contributed by atoms with Crippen molar-refractivity contribution in [2.45, 2.75) is 60.0 Å². The molecule has 2 aliphatic heterocycles. The number of nitrogens with one attached hydrogen (secondary N) is 1. The summed E-state index contributed by atoms with van der Waals surface area (Å²) >= 11 is 13.1. The summed E-state index contributed by atoms with van der Waals surface area (Å²) in [5, 5.41) is 5.07. The lowest BCUT2D eigenvalue weighted by atomic mass is 9.91. The zero-order valence-corrected chi connectivity index (χ0v) is 26.9. The second-order valence-corrected chi connectivity index (χ2v) is 13.2. The second kappa shape index (κ2) is 11.4. The summed E-state index contributed by atoms with van der Waals surface area (Å²) < 4.78 is 2.39. The number of halogens is 1. The molecule has 42 heavy (non-hydrogen) atoms. The van der Waals surface area contributed by atoms with Crippen molar-refractivity contribution in [3.05, 3.63) is 106 Å². The first-order chi connectivity index (χ1) is 20.1. The molecule has 6 rings (SSSR count). The molecule has 2 aromatic heterocycles. The maximum atomic E-state index is 7.06. The lowest BCUT2D eigenvalue weighted by Crippen LogP contribution is -2.38. The summed E-state index contributed by atoms with van der Waals surface area (Å²) in [7, 11) is 0. The molecule has 0 radical (unpaired) electrons. The Labute approximate surface area is 260 Å². The van der Waals surface area contributed by atoms with Crippen LogP contribution in [0, 0.1) is 39.5 Å². The van der Waals surface area contributed by atoms with E-state index in [4.69, 9.17) is 28.8 Å². The summed E-state index contributed by atoms with van der Waals surface area (Å²) in [5.74, 6) is 1.30. The molecule has 2 fully saturated rings. The number of para-hydroxylation sites is 1. The summed E-state index contributed by atoms with van der Waals surface area (Å²) in [4.78, 5) is 9.44. The van der Waals surface area contributed by atoms with Crippen LogP contribution in [0.25, 0.3) is 5.69 Å². The predicted molar refractivity (Wildman–Crippen MR) is 179 cm³/mol. The number of aryl methyl sites for hydroxylation is 3. The molecular formula is C35H40ClN5S. The van der Waals surface area contributed by atoms with Crippen LogP contribution in [0.3, 0.4) is 0 Å². The van der Waals surface area contributed by atoms with E-state index in [9.17, 15) is 0 Å². The minimum absolute atomic E-state index is 0.103. The first kappa shape index (κ1) is 28.8. The van der Waals surface area contributed by atoms with E-state index in [-0.39, 0.29) is 12.1 Å². The van der Waals surface area contributed by atoms with Gasteiger partial charge in [0.25, 0.3) is 0 Å². The molecule has 4 aromatic rings. The highest BCUT2D eigenvalue weighted by Crippen LogP contribution is 2.45. The van der Waals surface area contributed by atoms with Gasteiger partial charge in [0.1, 0.15) is 0 Å². The molecule has 5 nitrogen and oxygen atoms in total. The molecule has 2 saturated heterocycles. The molecule has 4 heterocycles. The zero-order valence-electron chi connectivity index (χ0n) is 25.4. The Morgan fingerprint density at radius 3 is 2.26 bits per heavy atom. The first-order valence-corrected chi connectivity index (χ1v) is 15.7. The second-order valence-electron chi connectivity index (χ2n) is 12.4. The first-order valence-electron chi connectivity index (χ1n) is 14.9. The van der Waals surface area contributed by atoms with E-state index in [1.807, 2.05) is 18.3 Å². The van der Waals surface area contributed by atoms with E-state index in [0.717, 1.165) is 35.2 Å². The maximum Gasteiger partial charge on any atom is 0.174 e. The Balaban J connectivity index is 1.46. The molecule has 4 atom stereocenters. The third-order valence-electron chi connectivity index (χ3n) is 8.97. The molecule has 1 N–H and O–H groups in total. The van der Waals surface area contributed by atoms with Crippen molar-refractivity contribution in [2.24, 2.45) is 11.8 Å². The van der Waals surface area contributed by atoms with Crippen LogP contribution in [0.2, 0.25) is 5.02 Å². The maximum absolute atomic E-state index is 7.06. The van der Waals surface area contributed by atoms with Gasteiger partial charge in [-0.05, 0) is 111 Å². The number of hydrogen-bond donors (Lipinski definition) is 1. The summed E-state index contributed by atoms with van der Waals surface area (Å²) in [6.07, 6.45) is 3.11. The van der Waals surface area contributed by atoms with Crippen LogP contribution in [0.15, 0.2) is 66.9 Å². The van der Waals surface area contributed by atoms with Gasteiger partial charge in [-0.1, -0.05) is 49.7 Å². The van der Waals surface area contributed by atoms with Gasteiger partial charge in [-0.3, -0.25) is 4.98 Å². The monoisotopic (exact) mass is 597 g/mol. The van der Waals surface area contributed by atoms with Crippen molar-refractivity contribution in [3.63, 3.8) is 0 Å². The number of nitrogens with zero attached hydrogens (tertiary/aromatic N) is 4. The van der Waals surface area contributed by atoms with Crippen LogP contribution in [0.4, 0.5) is 11.4 Å². The third-order valence-corrected chi connectivity index (χ3v) is 9.59. The largest absolute Gasteiger partial charge is 0.370 e. The van der Waals surface area contributed by atoms with Crippen molar-refractivity contribution in [1.82, 2.24) is 14.9 Å². The van der Waals surface area contributed by atoms with Gasteiger partial charge >= 0.3 is 0 Å². The lowest BCUT2D eigenvalue weighted by Gasteiger charge is -2.37. The molecule has 2 aliphatic rings. The van der Waals surface area contributed by atoms with Crippen molar-refractivity contribution in [3.8, 4) is 5.69 Å². The third kappa shape index (κ3) is 5.09. The Kier molecular flexibility index (Phi) is 7.79. The number of aromatic nitrogens is 2. The molecule has 218 valence electrons. The summed E-state index contributed by atoms with van der Waals surface area (Å²) in [6.45, 7) is 15.5. The van der Waals surface area contributed by atoms with Crippen LogP contribution in [-0.2, 0) is 0 Å². The van der Waals surface area contributed by atoms with Gasteiger partial charge in [-0.2, -0.15) is 0 Å². The predicted octanol–water partition coefficient (Wildman–Crippen LogP) is 8.42. The highest BCUT2D eigenvalue weighted by Gasteiger charge is 2.42. The van der Waals surface area contributed by atoms with Crippen molar-refractivity contribution in [2.75, 3.05) is 22.9 Å². The van der Waals surface area contributed by atoms with E-state index < -0.39 is 0 Å². The Morgan fingerprint density at radius 1 is 0.905 bits per heavy atom. The average molecular weight is 598 g/mol. The van der Waals surface area contributed by atoms with Gasteiger partial charge < -0.3 is 19.7 Å². The van der Waals surface area contributed by atoms with Gasteiger partial charge in [0.15, 0.2) is 5.11 Å². The molecular weight excluding hydrogens is 558 g/mol. The Morgan fingerprint density at radius 2 is 1.62 bits per heavy atom. The smallest absolute Gasteiger partial charge is 0.174 e. The number of pyridine rings is 1. The lowest BCUT2D eigenvalue weighted by molar-refractivity contribution is 0.357. The number of benzene rings is 2. The fourth-order valence-electron chi connectivity index (χ4n) is 7.30. The fourth-order valence-corrected chi connectivity index (χ4v) is 7.94. The number of thiocarbonyl (C=S) groups is 1. The van der Waals surface area contributed by atoms with E-state index in [1.54, 1.807) is 0 Å². The van der Waals surface area contributed by atoms with Gasteiger partial charge in [-0.25, -0.2) is 0 Å². The van der Waals surface area contributed by atoms with E-state index >= 15 is 0 Å². The number of piperidine rings is 1. The molecule has 0 saturated carbocycles. The number of anilines is 2. The number of hydrogen-bond acceptors (Lipinski definition) is 3. The van der Waals surface area contributed by atoms with Gasteiger partial charge in [-0.15, -0.1) is 0 Å². The van der Waals surface area contributed by atoms with E-state index in [1.165, 1.54) is 40.2 Å². The molecule has 0 unspecified atom stereocenters. The molecule has 0 spiro atoms. The highest BCUT2D eigenvalue weighted by atomic mass is 35.5. The average Bonchev–Trinajstić information content (AvgIpc) is 3.43. The summed E-state index contributed by atoms with van der Waals surface area (Å²) in [5.41, 5.74) is 10.4. The summed E-state index contributed by atoms with van der Waals surface area (Å²) in [6, 6.07) is 21.1. The molecule has 0 amide bonds.